The van der Waals surface area contributed by atoms with Crippen LogP contribution >= 0.6 is 11.6 Å². The minimum absolute atomic E-state index is 0.0675. The molecule has 246 valence electrons. The van der Waals surface area contributed by atoms with Gasteiger partial charge in [0.1, 0.15) is 18.4 Å². The van der Waals surface area contributed by atoms with E-state index in [1.54, 1.807) is 53.4 Å². The van der Waals surface area contributed by atoms with E-state index in [-0.39, 0.29) is 37.0 Å². The molecule has 3 aromatic rings. The number of amides is 3. The predicted octanol–water partition coefficient (Wildman–Crippen LogP) is 1.44. The number of nitrogens with one attached hydrogen (secondary N) is 2. The quantitative estimate of drug-likeness (QED) is 0.273. The van der Waals surface area contributed by atoms with Crippen LogP contribution in [0, 0.1) is 0 Å². The lowest BCUT2D eigenvalue weighted by atomic mass is 10.1. The van der Waals surface area contributed by atoms with Gasteiger partial charge in [-0.3, -0.25) is 14.4 Å². The maximum Gasteiger partial charge on any atom is 0.243 e. The largest absolute Gasteiger partial charge is 0.378 e. The fourth-order valence-corrected chi connectivity index (χ4v) is 7.27. The van der Waals surface area contributed by atoms with Gasteiger partial charge < -0.3 is 19.9 Å². The van der Waals surface area contributed by atoms with E-state index >= 15 is 0 Å². The summed E-state index contributed by atoms with van der Waals surface area (Å²) in [6.45, 7) is 2.35. The van der Waals surface area contributed by atoms with E-state index in [0.717, 1.165) is 0 Å². The Morgan fingerprint density at radius 3 is 2.59 bits per heavy atom. The van der Waals surface area contributed by atoms with E-state index < -0.39 is 28.0 Å². The number of nitrogens with zero attached hydrogens (tertiary/aromatic N) is 6. The smallest absolute Gasteiger partial charge is 0.243 e. The molecule has 0 spiro atoms. The molecule has 14 nitrogen and oxygen atoms in total. The van der Waals surface area contributed by atoms with Crippen LogP contribution in [-0.4, -0.2) is 101 Å². The molecule has 0 saturated carbocycles. The summed E-state index contributed by atoms with van der Waals surface area (Å²) in [6, 6.07) is 11.9. The van der Waals surface area contributed by atoms with Gasteiger partial charge in [0.25, 0.3) is 0 Å². The number of hydrogen-bond acceptors (Lipinski definition) is 9. The maximum atomic E-state index is 14.0. The monoisotopic (exact) mass is 672 g/mol. The van der Waals surface area contributed by atoms with Gasteiger partial charge in [0, 0.05) is 37.6 Å². The lowest BCUT2D eigenvalue weighted by Crippen LogP contribution is -2.53. The molecule has 2 N–H and O–H groups in total. The van der Waals surface area contributed by atoms with Gasteiger partial charge in [-0.2, -0.15) is 0 Å². The summed E-state index contributed by atoms with van der Waals surface area (Å²) in [7, 11) is -3.93. The van der Waals surface area contributed by atoms with Crippen molar-refractivity contribution < 1.29 is 27.5 Å². The number of carbonyl (C=O) groups is 3. The van der Waals surface area contributed by atoms with E-state index in [1.807, 2.05) is 0 Å². The van der Waals surface area contributed by atoms with E-state index in [4.69, 9.17) is 16.3 Å². The second-order valence-electron chi connectivity index (χ2n) is 11.2. The van der Waals surface area contributed by atoms with Gasteiger partial charge in [0.2, 0.25) is 27.7 Å². The maximum absolute atomic E-state index is 14.0. The van der Waals surface area contributed by atoms with Gasteiger partial charge in [-0.1, -0.05) is 41.9 Å². The highest BCUT2D eigenvalue weighted by atomic mass is 35.5. The van der Waals surface area contributed by atoms with Gasteiger partial charge in [-0.05, 0) is 65.4 Å². The molecule has 2 fully saturated rings. The number of morpholine rings is 1. The molecule has 46 heavy (non-hydrogen) atoms. The number of benzene rings is 2. The molecule has 2 saturated heterocycles. The number of tetrazole rings is 1. The lowest BCUT2D eigenvalue weighted by Gasteiger charge is -2.29. The number of halogens is 1. The third-order valence-corrected chi connectivity index (χ3v) is 9.59. The van der Waals surface area contributed by atoms with Crippen molar-refractivity contribution in [2.45, 2.75) is 56.5 Å². The first-order valence-corrected chi connectivity index (χ1v) is 17.2. The SMILES string of the molecule is O=C(NCc1cc(Cl)ccc1-n1cnnn1)[C@@H]1CCCN1C(=O)C(CCCC(=O)N1CCOCC1)NS(=O)(=O)Cc1ccccc1. The topological polar surface area (TPSA) is 169 Å². The van der Waals surface area contributed by atoms with Crippen molar-refractivity contribution >= 4 is 39.3 Å². The zero-order valence-corrected chi connectivity index (χ0v) is 26.8. The molecule has 0 bridgehead atoms. The first-order chi connectivity index (χ1) is 22.2. The summed E-state index contributed by atoms with van der Waals surface area (Å²) >= 11 is 6.22. The Balaban J connectivity index is 1.27. The number of hydrogen-bond donors (Lipinski definition) is 2. The summed E-state index contributed by atoms with van der Waals surface area (Å²) < 4.78 is 35.8. The van der Waals surface area contributed by atoms with Gasteiger partial charge in [0.05, 0.1) is 24.7 Å². The molecular weight excluding hydrogens is 636 g/mol. The summed E-state index contributed by atoms with van der Waals surface area (Å²) in [6.07, 6.45) is 2.99. The van der Waals surface area contributed by atoms with E-state index in [2.05, 4.69) is 25.6 Å². The number of likely N-dealkylation sites (tertiary alicyclic amines) is 1. The molecule has 2 aliphatic heterocycles. The second kappa shape index (κ2) is 15.6. The van der Waals surface area contributed by atoms with Crippen molar-refractivity contribution in [3.05, 3.63) is 71.0 Å². The van der Waals surface area contributed by atoms with Crippen molar-refractivity contribution in [3.63, 3.8) is 0 Å². The first-order valence-electron chi connectivity index (χ1n) is 15.2. The van der Waals surface area contributed by atoms with Crippen molar-refractivity contribution in [2.75, 3.05) is 32.8 Å². The highest BCUT2D eigenvalue weighted by Gasteiger charge is 2.38. The highest BCUT2D eigenvalue weighted by Crippen LogP contribution is 2.23. The van der Waals surface area contributed by atoms with Gasteiger partial charge >= 0.3 is 0 Å². The fourth-order valence-electron chi connectivity index (χ4n) is 5.71. The number of ether oxygens (including phenoxy) is 1. The molecule has 0 radical (unpaired) electrons. The summed E-state index contributed by atoms with van der Waals surface area (Å²) in [5.41, 5.74) is 1.87. The molecule has 3 heterocycles. The summed E-state index contributed by atoms with van der Waals surface area (Å²) in [5.74, 6) is -1.24. The standard InChI is InChI=1S/C30H37ClN8O6S/c31-24-11-12-26(39-21-33-35-36-39)23(18-24)19-32-29(41)27-9-5-13-38(27)30(42)25(8-4-10-28(40)37-14-16-45-17-15-37)34-46(43,44)20-22-6-2-1-3-7-22/h1-3,6-7,11-12,18,21,25,27,34H,4-5,8-10,13-17,19-20H2,(H,32,41)/t25?,27-/m0/s1. The van der Waals surface area contributed by atoms with Crippen LogP contribution < -0.4 is 10.0 Å². The molecule has 1 unspecified atom stereocenters. The van der Waals surface area contributed by atoms with Gasteiger partial charge in [-0.15, -0.1) is 5.10 Å². The van der Waals surface area contributed by atoms with Crippen LogP contribution in [-0.2, 0) is 41.4 Å². The Bertz CT molecular complexity index is 1600. The van der Waals surface area contributed by atoms with Crippen molar-refractivity contribution in [1.29, 1.82) is 0 Å². The minimum Gasteiger partial charge on any atom is -0.378 e. The van der Waals surface area contributed by atoms with Gasteiger partial charge in [0.15, 0.2) is 0 Å². The van der Waals surface area contributed by atoms with Gasteiger partial charge in [-0.25, -0.2) is 17.8 Å². The van der Waals surface area contributed by atoms with Crippen LogP contribution in [0.25, 0.3) is 5.69 Å². The molecule has 3 amide bonds. The van der Waals surface area contributed by atoms with Crippen LogP contribution in [0.4, 0.5) is 0 Å². The average molecular weight is 673 g/mol. The minimum atomic E-state index is -3.93. The van der Waals surface area contributed by atoms with Crippen molar-refractivity contribution in [1.82, 2.24) is 40.0 Å². The van der Waals surface area contributed by atoms with Crippen molar-refractivity contribution in [3.8, 4) is 5.69 Å². The van der Waals surface area contributed by atoms with Crippen LogP contribution in [0.3, 0.4) is 0 Å². The third-order valence-electron chi connectivity index (χ3n) is 8.00. The van der Waals surface area contributed by atoms with Crippen molar-refractivity contribution in [2.24, 2.45) is 0 Å². The zero-order valence-electron chi connectivity index (χ0n) is 25.3. The molecule has 16 heteroatoms. The molecular formula is C30H37ClN8O6S. The van der Waals surface area contributed by atoms with Crippen LogP contribution in [0.1, 0.15) is 43.2 Å². The van der Waals surface area contributed by atoms with Crippen LogP contribution in [0.5, 0.6) is 0 Å². The predicted molar refractivity (Wildman–Crippen MR) is 168 cm³/mol. The van der Waals surface area contributed by atoms with Crippen LogP contribution in [0.15, 0.2) is 54.9 Å². The van der Waals surface area contributed by atoms with Crippen LogP contribution in [0.2, 0.25) is 5.02 Å². The molecule has 2 aliphatic rings. The number of carbonyl (C=O) groups excluding carboxylic acids is 3. The third kappa shape index (κ3) is 8.87. The first kappa shape index (κ1) is 33.4. The molecule has 0 aliphatic carbocycles. The number of rotatable bonds is 13. The average Bonchev–Trinajstić information content (AvgIpc) is 3.77. The zero-order chi connectivity index (χ0) is 32.5. The summed E-state index contributed by atoms with van der Waals surface area (Å²) in [4.78, 5) is 43.3. The number of sulfonamides is 1. The molecule has 5 rings (SSSR count). The van der Waals surface area contributed by atoms with E-state index in [1.165, 1.54) is 15.9 Å². The number of aromatic nitrogens is 4. The molecule has 2 aromatic carbocycles. The normalized spacial score (nSPS) is 17.5. The summed E-state index contributed by atoms with van der Waals surface area (Å²) in [5, 5.41) is 14.6. The Morgan fingerprint density at radius 2 is 1.85 bits per heavy atom. The van der Waals surface area contributed by atoms with E-state index in [9.17, 15) is 22.8 Å². The van der Waals surface area contributed by atoms with E-state index in [0.29, 0.717) is 73.9 Å². The fraction of sp³-hybridized carbons (Fsp3) is 0.467. The Hall–Kier alpha value is -3.92. The second-order valence-corrected chi connectivity index (χ2v) is 13.4. The Labute approximate surface area is 272 Å². The molecule has 2 atom stereocenters. The molecule has 1 aromatic heterocycles. The Morgan fingerprint density at radius 1 is 1.07 bits per heavy atom. The lowest BCUT2D eigenvalue weighted by molar-refractivity contribution is -0.140. The highest BCUT2D eigenvalue weighted by molar-refractivity contribution is 7.88. The Kier molecular flexibility index (Phi) is 11.3.